The maximum Gasteiger partial charge on any atom is 0.313 e. The van der Waals surface area contributed by atoms with Gasteiger partial charge in [0.05, 0.1) is 20.6 Å². The van der Waals surface area contributed by atoms with Crippen molar-refractivity contribution in [3.63, 3.8) is 0 Å². The molecule has 0 unspecified atom stereocenters. The Bertz CT molecular complexity index is 511. The zero-order valence-electron chi connectivity index (χ0n) is 12.2. The second-order valence-corrected chi connectivity index (χ2v) is 4.96. The summed E-state index contributed by atoms with van der Waals surface area (Å²) in [6.07, 6.45) is 0.800. The molecule has 7 nitrogen and oxygen atoms in total. The second kappa shape index (κ2) is 8.01. The van der Waals surface area contributed by atoms with Crippen LogP contribution in [0.2, 0.25) is 0 Å². The first-order valence-electron chi connectivity index (χ1n) is 6.68. The van der Waals surface area contributed by atoms with Crippen LogP contribution < -0.4 is 21.3 Å². The standard InChI is InChI=1S/C14H20N4O3/c1-18(2)9-3-8-16-13(20)14(21)17-11-6-4-10(5-7-11)12(15)19/h4-7H,3,8-9H2,1-2H3,(H2,15,19)(H,16,20)(H,17,21)/p+1. The molecule has 0 bridgehead atoms. The largest absolute Gasteiger partial charge is 0.366 e. The fourth-order valence-corrected chi connectivity index (χ4v) is 1.63. The van der Waals surface area contributed by atoms with Gasteiger partial charge in [0.2, 0.25) is 5.91 Å². The van der Waals surface area contributed by atoms with Crippen LogP contribution in [0.5, 0.6) is 0 Å². The van der Waals surface area contributed by atoms with Gasteiger partial charge in [0.1, 0.15) is 0 Å². The zero-order chi connectivity index (χ0) is 15.8. The third kappa shape index (κ3) is 6.05. The van der Waals surface area contributed by atoms with Gasteiger partial charge in [-0.15, -0.1) is 0 Å². The lowest BCUT2D eigenvalue weighted by molar-refractivity contribution is -0.858. The third-order valence-electron chi connectivity index (χ3n) is 2.77. The van der Waals surface area contributed by atoms with Gasteiger partial charge < -0.3 is 21.3 Å². The number of carbonyl (C=O) groups is 3. The first-order valence-corrected chi connectivity index (χ1v) is 6.68. The maximum atomic E-state index is 11.6. The summed E-state index contributed by atoms with van der Waals surface area (Å²) in [5.41, 5.74) is 5.88. The van der Waals surface area contributed by atoms with E-state index in [0.29, 0.717) is 17.8 Å². The summed E-state index contributed by atoms with van der Waals surface area (Å²) in [6, 6.07) is 5.99. The van der Waals surface area contributed by atoms with Gasteiger partial charge in [-0.25, -0.2) is 0 Å². The van der Waals surface area contributed by atoms with Crippen LogP contribution in [0.15, 0.2) is 24.3 Å². The Kier molecular flexibility index (Phi) is 6.35. The average molecular weight is 293 g/mol. The maximum absolute atomic E-state index is 11.6. The van der Waals surface area contributed by atoms with Crippen molar-refractivity contribution in [2.75, 3.05) is 32.5 Å². The third-order valence-corrected chi connectivity index (χ3v) is 2.77. The number of carbonyl (C=O) groups excluding carboxylic acids is 3. The minimum Gasteiger partial charge on any atom is -0.366 e. The molecule has 0 aliphatic rings. The molecule has 114 valence electrons. The number of quaternary nitrogens is 1. The van der Waals surface area contributed by atoms with Gasteiger partial charge in [0.25, 0.3) is 0 Å². The van der Waals surface area contributed by atoms with Crippen LogP contribution in [0.3, 0.4) is 0 Å². The Morgan fingerprint density at radius 1 is 1.10 bits per heavy atom. The molecule has 0 aliphatic heterocycles. The fourth-order valence-electron chi connectivity index (χ4n) is 1.63. The quantitative estimate of drug-likeness (QED) is 0.374. The van der Waals surface area contributed by atoms with Crippen molar-refractivity contribution in [1.82, 2.24) is 5.32 Å². The highest BCUT2D eigenvalue weighted by atomic mass is 16.2. The van der Waals surface area contributed by atoms with Gasteiger partial charge in [-0.2, -0.15) is 0 Å². The molecule has 0 saturated heterocycles. The molecule has 0 spiro atoms. The van der Waals surface area contributed by atoms with Crippen molar-refractivity contribution in [3.8, 4) is 0 Å². The number of amides is 3. The molecule has 0 saturated carbocycles. The molecule has 1 rings (SSSR count). The van der Waals surface area contributed by atoms with E-state index in [1.807, 2.05) is 14.1 Å². The minimum absolute atomic E-state index is 0.337. The highest BCUT2D eigenvalue weighted by Gasteiger charge is 2.13. The zero-order valence-corrected chi connectivity index (χ0v) is 12.2. The summed E-state index contributed by atoms with van der Waals surface area (Å²) in [6.45, 7) is 1.37. The predicted octanol–water partition coefficient (Wildman–Crippen LogP) is -1.63. The molecule has 0 aliphatic carbocycles. The Labute approximate surface area is 123 Å². The van der Waals surface area contributed by atoms with Gasteiger partial charge in [0, 0.05) is 24.2 Å². The SMILES string of the molecule is C[NH+](C)CCCNC(=O)C(=O)Nc1ccc(C(N)=O)cc1. The van der Waals surface area contributed by atoms with Crippen LogP contribution >= 0.6 is 0 Å². The van der Waals surface area contributed by atoms with E-state index < -0.39 is 17.7 Å². The molecule has 1 aromatic rings. The molecular formula is C14H21N4O3+. The van der Waals surface area contributed by atoms with E-state index in [-0.39, 0.29) is 0 Å². The number of nitrogens with one attached hydrogen (secondary N) is 3. The van der Waals surface area contributed by atoms with Crippen molar-refractivity contribution >= 4 is 23.4 Å². The van der Waals surface area contributed by atoms with Crippen LogP contribution in [-0.4, -0.2) is 44.9 Å². The number of rotatable bonds is 6. The van der Waals surface area contributed by atoms with Crippen molar-refractivity contribution in [2.45, 2.75) is 6.42 Å². The number of hydrogen-bond donors (Lipinski definition) is 4. The van der Waals surface area contributed by atoms with E-state index in [1.165, 1.54) is 29.2 Å². The smallest absolute Gasteiger partial charge is 0.313 e. The number of nitrogens with two attached hydrogens (primary N) is 1. The summed E-state index contributed by atoms with van der Waals surface area (Å²) in [7, 11) is 4.04. The molecule has 0 atom stereocenters. The highest BCUT2D eigenvalue weighted by Crippen LogP contribution is 2.08. The molecule has 7 heteroatoms. The molecule has 21 heavy (non-hydrogen) atoms. The average Bonchev–Trinajstić information content (AvgIpc) is 2.43. The second-order valence-electron chi connectivity index (χ2n) is 4.96. The van der Waals surface area contributed by atoms with E-state index in [2.05, 4.69) is 10.6 Å². The van der Waals surface area contributed by atoms with Crippen molar-refractivity contribution in [3.05, 3.63) is 29.8 Å². The minimum atomic E-state index is -0.737. The topological polar surface area (TPSA) is 106 Å². The highest BCUT2D eigenvalue weighted by molar-refractivity contribution is 6.39. The molecule has 3 amide bonds. The van der Waals surface area contributed by atoms with Crippen LogP contribution in [0, 0.1) is 0 Å². The summed E-state index contributed by atoms with van der Waals surface area (Å²) in [5.74, 6) is -1.96. The van der Waals surface area contributed by atoms with Crippen LogP contribution in [-0.2, 0) is 9.59 Å². The van der Waals surface area contributed by atoms with Crippen LogP contribution in [0.1, 0.15) is 16.8 Å². The van der Waals surface area contributed by atoms with E-state index in [1.54, 1.807) is 0 Å². The lowest BCUT2D eigenvalue weighted by Crippen LogP contribution is -3.05. The Balaban J connectivity index is 2.41. The molecule has 5 N–H and O–H groups in total. The number of anilines is 1. The normalized spacial score (nSPS) is 10.2. The fraction of sp³-hybridized carbons (Fsp3) is 0.357. The predicted molar refractivity (Wildman–Crippen MR) is 78.9 cm³/mol. The molecule has 0 fully saturated rings. The summed E-state index contributed by atoms with van der Waals surface area (Å²) in [5, 5.41) is 5.00. The molecular weight excluding hydrogens is 272 g/mol. The van der Waals surface area contributed by atoms with Crippen molar-refractivity contribution in [1.29, 1.82) is 0 Å². The number of hydrogen-bond acceptors (Lipinski definition) is 3. The van der Waals surface area contributed by atoms with Crippen LogP contribution in [0.4, 0.5) is 5.69 Å². The number of benzene rings is 1. The first-order chi connectivity index (χ1) is 9.90. The van der Waals surface area contributed by atoms with Gasteiger partial charge in [-0.3, -0.25) is 14.4 Å². The van der Waals surface area contributed by atoms with E-state index >= 15 is 0 Å². The van der Waals surface area contributed by atoms with Crippen LogP contribution in [0.25, 0.3) is 0 Å². The van der Waals surface area contributed by atoms with E-state index in [0.717, 1.165) is 13.0 Å². The van der Waals surface area contributed by atoms with Gasteiger partial charge in [-0.05, 0) is 24.3 Å². The lowest BCUT2D eigenvalue weighted by atomic mass is 10.2. The summed E-state index contributed by atoms with van der Waals surface area (Å²) >= 11 is 0. The van der Waals surface area contributed by atoms with Crippen molar-refractivity contribution in [2.24, 2.45) is 5.73 Å². The van der Waals surface area contributed by atoms with Gasteiger partial charge >= 0.3 is 11.8 Å². The molecule has 1 aromatic carbocycles. The molecule has 0 radical (unpaired) electrons. The lowest BCUT2D eigenvalue weighted by Gasteiger charge is -2.08. The Morgan fingerprint density at radius 2 is 1.71 bits per heavy atom. The number of primary amides is 1. The van der Waals surface area contributed by atoms with Crippen molar-refractivity contribution < 1.29 is 19.3 Å². The van der Waals surface area contributed by atoms with E-state index in [9.17, 15) is 14.4 Å². The molecule has 0 aromatic heterocycles. The summed E-state index contributed by atoms with van der Waals surface area (Å²) in [4.78, 5) is 35.4. The monoisotopic (exact) mass is 293 g/mol. The first kappa shape index (κ1) is 16.6. The van der Waals surface area contributed by atoms with Gasteiger partial charge in [-0.1, -0.05) is 0 Å². The van der Waals surface area contributed by atoms with E-state index in [4.69, 9.17) is 5.73 Å². The molecule has 0 heterocycles. The van der Waals surface area contributed by atoms with Gasteiger partial charge in [0.15, 0.2) is 0 Å². The Morgan fingerprint density at radius 3 is 2.24 bits per heavy atom. The summed E-state index contributed by atoms with van der Waals surface area (Å²) < 4.78 is 0. The Hall–Kier alpha value is -2.41.